The first-order valence-electron chi connectivity index (χ1n) is 5.79. The summed E-state index contributed by atoms with van der Waals surface area (Å²) in [7, 11) is 0. The molecule has 0 aromatic heterocycles. The van der Waals surface area contributed by atoms with Crippen LogP contribution in [0.25, 0.3) is 10.8 Å². The molecule has 1 heterocycles. The molecule has 2 aromatic rings. The summed E-state index contributed by atoms with van der Waals surface area (Å²) in [5.74, 6) is 0. The van der Waals surface area contributed by atoms with Crippen molar-refractivity contribution in [2.24, 2.45) is 0 Å². The van der Waals surface area contributed by atoms with E-state index >= 15 is 0 Å². The minimum Gasteiger partial charge on any atom is -0.307 e. The van der Waals surface area contributed by atoms with E-state index in [1.54, 1.807) is 0 Å². The molecule has 1 aliphatic heterocycles. The molecule has 1 fully saturated rings. The fourth-order valence-electron chi connectivity index (χ4n) is 2.37. The van der Waals surface area contributed by atoms with Crippen molar-refractivity contribution in [3.8, 4) is 0 Å². The lowest BCUT2D eigenvalue weighted by Gasteiger charge is -2.24. The van der Waals surface area contributed by atoms with Crippen molar-refractivity contribution in [2.75, 3.05) is 19.6 Å². The summed E-state index contributed by atoms with van der Waals surface area (Å²) < 4.78 is 0. The number of nitrogens with zero attached hydrogens (tertiary/aromatic N) is 1. The molecular weight excluding hydrogens is 196 g/mol. The Balaban J connectivity index is 2.08. The molecule has 1 radical (unpaired) electrons. The Bertz CT molecular complexity index is 482. The van der Waals surface area contributed by atoms with Crippen LogP contribution in [0, 0.1) is 0 Å². The largest absolute Gasteiger partial charge is 0.307 e. The molecule has 0 spiro atoms. The van der Waals surface area contributed by atoms with E-state index in [0.29, 0.717) is 6.04 Å². The van der Waals surface area contributed by atoms with E-state index in [9.17, 15) is 0 Å². The summed E-state index contributed by atoms with van der Waals surface area (Å²) >= 11 is 0. The van der Waals surface area contributed by atoms with Crippen molar-refractivity contribution in [1.82, 2.24) is 10.6 Å². The van der Waals surface area contributed by atoms with Gasteiger partial charge in [0.1, 0.15) is 0 Å². The fourth-order valence-corrected chi connectivity index (χ4v) is 2.37. The monoisotopic (exact) mass is 211 g/mol. The maximum absolute atomic E-state index is 4.48. The molecule has 1 unspecified atom stereocenters. The maximum Gasteiger partial charge on any atom is 0.0470 e. The standard InChI is InChI=1S/C14H15N2/c1-2-6-12-11(4-1)5-3-7-13(12)14-10-15-8-9-16-14/h1-7,14,16H,8-10H2. The van der Waals surface area contributed by atoms with Crippen LogP contribution in [-0.4, -0.2) is 19.6 Å². The Morgan fingerprint density at radius 3 is 2.81 bits per heavy atom. The van der Waals surface area contributed by atoms with Crippen LogP contribution in [-0.2, 0) is 0 Å². The van der Waals surface area contributed by atoms with Gasteiger partial charge in [0.05, 0.1) is 0 Å². The van der Waals surface area contributed by atoms with Crippen LogP contribution in [0.3, 0.4) is 0 Å². The molecule has 1 N–H and O–H groups in total. The van der Waals surface area contributed by atoms with E-state index < -0.39 is 0 Å². The summed E-state index contributed by atoms with van der Waals surface area (Å²) in [5.41, 5.74) is 1.38. The average Bonchev–Trinajstić information content (AvgIpc) is 2.39. The maximum atomic E-state index is 4.48. The lowest BCUT2D eigenvalue weighted by Crippen LogP contribution is -2.39. The van der Waals surface area contributed by atoms with Gasteiger partial charge in [0, 0.05) is 25.7 Å². The van der Waals surface area contributed by atoms with Crippen molar-refractivity contribution in [3.05, 3.63) is 48.0 Å². The van der Waals surface area contributed by atoms with Crippen LogP contribution in [0.1, 0.15) is 11.6 Å². The Kier molecular flexibility index (Phi) is 2.60. The highest BCUT2D eigenvalue weighted by Gasteiger charge is 2.16. The van der Waals surface area contributed by atoms with E-state index in [2.05, 4.69) is 53.1 Å². The molecular formula is C14H15N2. The zero-order valence-electron chi connectivity index (χ0n) is 9.19. The normalized spacial score (nSPS) is 21.1. The third-order valence-corrected chi connectivity index (χ3v) is 3.17. The van der Waals surface area contributed by atoms with Gasteiger partial charge in [0.2, 0.25) is 0 Å². The molecule has 2 nitrogen and oxygen atoms in total. The molecule has 0 amide bonds. The van der Waals surface area contributed by atoms with Gasteiger partial charge in [-0.3, -0.25) is 0 Å². The summed E-state index contributed by atoms with van der Waals surface area (Å²) in [6.45, 7) is 2.84. The molecule has 16 heavy (non-hydrogen) atoms. The number of benzene rings is 2. The van der Waals surface area contributed by atoms with Gasteiger partial charge in [0.25, 0.3) is 0 Å². The highest BCUT2D eigenvalue weighted by molar-refractivity contribution is 5.86. The minimum absolute atomic E-state index is 0.389. The molecule has 0 saturated carbocycles. The first kappa shape index (κ1) is 9.82. The Morgan fingerprint density at radius 2 is 1.94 bits per heavy atom. The molecule has 2 aromatic carbocycles. The van der Waals surface area contributed by atoms with Gasteiger partial charge in [0.15, 0.2) is 0 Å². The third-order valence-electron chi connectivity index (χ3n) is 3.17. The quantitative estimate of drug-likeness (QED) is 0.768. The SMILES string of the molecule is c1ccc2c(C3C[N]CCN3)cccc2c1. The summed E-state index contributed by atoms with van der Waals surface area (Å²) in [6.07, 6.45) is 0. The first-order valence-corrected chi connectivity index (χ1v) is 5.79. The van der Waals surface area contributed by atoms with Gasteiger partial charge < -0.3 is 5.32 Å². The van der Waals surface area contributed by atoms with Gasteiger partial charge >= 0.3 is 0 Å². The van der Waals surface area contributed by atoms with E-state index in [4.69, 9.17) is 0 Å². The van der Waals surface area contributed by atoms with Gasteiger partial charge in [-0.2, -0.15) is 0 Å². The molecule has 3 rings (SSSR count). The number of fused-ring (bicyclic) bond motifs is 1. The van der Waals surface area contributed by atoms with Crippen molar-refractivity contribution >= 4 is 10.8 Å². The summed E-state index contributed by atoms with van der Waals surface area (Å²) in [5, 5.41) is 10.7. The Hall–Kier alpha value is -1.38. The van der Waals surface area contributed by atoms with Gasteiger partial charge in [-0.25, -0.2) is 5.32 Å². The van der Waals surface area contributed by atoms with E-state index in [1.807, 2.05) is 0 Å². The molecule has 1 aliphatic rings. The number of piperazine rings is 1. The highest BCUT2D eigenvalue weighted by Crippen LogP contribution is 2.24. The number of rotatable bonds is 1. The number of hydrogen-bond acceptors (Lipinski definition) is 1. The summed E-state index contributed by atoms with van der Waals surface area (Å²) in [4.78, 5) is 0. The van der Waals surface area contributed by atoms with E-state index in [0.717, 1.165) is 19.6 Å². The molecule has 2 heteroatoms. The zero-order valence-corrected chi connectivity index (χ0v) is 9.19. The Morgan fingerprint density at radius 1 is 1.06 bits per heavy atom. The van der Waals surface area contributed by atoms with Gasteiger partial charge in [-0.05, 0) is 16.3 Å². The van der Waals surface area contributed by atoms with Gasteiger partial charge in [-0.1, -0.05) is 42.5 Å². The number of nitrogens with one attached hydrogen (secondary N) is 1. The molecule has 0 aliphatic carbocycles. The van der Waals surface area contributed by atoms with Crippen LogP contribution in [0.15, 0.2) is 42.5 Å². The van der Waals surface area contributed by atoms with Crippen molar-refractivity contribution in [3.63, 3.8) is 0 Å². The van der Waals surface area contributed by atoms with Crippen molar-refractivity contribution in [2.45, 2.75) is 6.04 Å². The molecule has 81 valence electrons. The second kappa shape index (κ2) is 4.24. The van der Waals surface area contributed by atoms with Crippen LogP contribution in [0.5, 0.6) is 0 Å². The fraction of sp³-hybridized carbons (Fsp3) is 0.286. The Labute approximate surface area is 95.7 Å². The van der Waals surface area contributed by atoms with Crippen LogP contribution in [0.2, 0.25) is 0 Å². The number of hydrogen-bond donors (Lipinski definition) is 1. The van der Waals surface area contributed by atoms with Crippen molar-refractivity contribution < 1.29 is 0 Å². The molecule has 1 atom stereocenters. The minimum atomic E-state index is 0.389. The smallest absolute Gasteiger partial charge is 0.0470 e. The predicted octanol–water partition coefficient (Wildman–Crippen LogP) is 2.09. The summed E-state index contributed by atoms with van der Waals surface area (Å²) in [6, 6.07) is 15.4. The predicted molar refractivity (Wildman–Crippen MR) is 66.6 cm³/mol. The van der Waals surface area contributed by atoms with Crippen LogP contribution in [0.4, 0.5) is 0 Å². The van der Waals surface area contributed by atoms with E-state index in [-0.39, 0.29) is 0 Å². The van der Waals surface area contributed by atoms with Crippen LogP contribution >= 0.6 is 0 Å². The van der Waals surface area contributed by atoms with Crippen LogP contribution < -0.4 is 10.6 Å². The first-order chi connectivity index (χ1) is 7.95. The second-order valence-electron chi connectivity index (χ2n) is 4.20. The zero-order chi connectivity index (χ0) is 10.8. The molecule has 1 saturated heterocycles. The lowest BCUT2D eigenvalue weighted by molar-refractivity contribution is 0.426. The third kappa shape index (κ3) is 1.70. The lowest BCUT2D eigenvalue weighted by atomic mass is 9.98. The highest BCUT2D eigenvalue weighted by atomic mass is 15.1. The second-order valence-corrected chi connectivity index (χ2v) is 4.20. The van der Waals surface area contributed by atoms with E-state index in [1.165, 1.54) is 16.3 Å². The van der Waals surface area contributed by atoms with Crippen molar-refractivity contribution in [1.29, 1.82) is 0 Å². The topological polar surface area (TPSA) is 26.1 Å². The molecule has 0 bridgehead atoms. The average molecular weight is 211 g/mol. The van der Waals surface area contributed by atoms with Gasteiger partial charge in [-0.15, -0.1) is 0 Å².